The maximum Gasteiger partial charge on any atom is 0.335 e. The Labute approximate surface area is 141 Å². The molecule has 0 radical (unpaired) electrons. The number of carboxylic acid groups (broad SMARTS) is 1. The van der Waals surface area contributed by atoms with E-state index in [0.29, 0.717) is 19.6 Å². The van der Waals surface area contributed by atoms with Crippen LogP contribution in [-0.2, 0) is 11.3 Å². The Morgan fingerprint density at radius 1 is 1.21 bits per heavy atom. The summed E-state index contributed by atoms with van der Waals surface area (Å²) in [6.07, 6.45) is 1.68. The zero-order valence-electron chi connectivity index (χ0n) is 13.8. The van der Waals surface area contributed by atoms with Crippen molar-refractivity contribution in [2.45, 2.75) is 26.3 Å². The molecule has 0 spiro atoms. The summed E-state index contributed by atoms with van der Waals surface area (Å²) in [5, 5.41) is 11.6. The summed E-state index contributed by atoms with van der Waals surface area (Å²) < 4.78 is 0. The first-order valence-electron chi connectivity index (χ1n) is 8.14. The molecule has 7 heteroatoms. The number of urea groups is 1. The molecule has 3 amide bonds. The summed E-state index contributed by atoms with van der Waals surface area (Å²) >= 11 is 0. The van der Waals surface area contributed by atoms with Crippen LogP contribution >= 0.6 is 0 Å². The molecule has 24 heavy (non-hydrogen) atoms. The Kier molecular flexibility index (Phi) is 6.17. The minimum Gasteiger partial charge on any atom is -0.478 e. The molecule has 1 heterocycles. The van der Waals surface area contributed by atoms with Crippen molar-refractivity contribution in [1.29, 1.82) is 0 Å². The maximum atomic E-state index is 12.3. The number of carboxylic acids is 1. The van der Waals surface area contributed by atoms with Gasteiger partial charge in [0, 0.05) is 26.2 Å². The fourth-order valence-electron chi connectivity index (χ4n) is 2.65. The predicted octanol–water partition coefficient (Wildman–Crippen LogP) is 1.54. The van der Waals surface area contributed by atoms with Gasteiger partial charge in [-0.05, 0) is 30.5 Å². The van der Waals surface area contributed by atoms with E-state index in [4.69, 9.17) is 5.11 Å². The first-order chi connectivity index (χ1) is 11.5. The number of nitrogens with one attached hydrogen (secondary N) is 1. The van der Waals surface area contributed by atoms with E-state index < -0.39 is 5.97 Å². The maximum absolute atomic E-state index is 12.3. The van der Waals surface area contributed by atoms with Crippen molar-refractivity contribution in [2.75, 3.05) is 26.2 Å². The number of carbonyl (C=O) groups excluding carboxylic acids is 2. The Balaban J connectivity index is 1.87. The molecule has 7 nitrogen and oxygen atoms in total. The van der Waals surface area contributed by atoms with Gasteiger partial charge in [-0.25, -0.2) is 9.59 Å². The van der Waals surface area contributed by atoms with E-state index >= 15 is 0 Å². The topological polar surface area (TPSA) is 89.9 Å². The van der Waals surface area contributed by atoms with Gasteiger partial charge in [-0.3, -0.25) is 4.79 Å². The van der Waals surface area contributed by atoms with E-state index in [0.717, 1.165) is 24.9 Å². The monoisotopic (exact) mass is 333 g/mol. The van der Waals surface area contributed by atoms with Crippen LogP contribution in [0.2, 0.25) is 0 Å². The van der Waals surface area contributed by atoms with Crippen LogP contribution in [0.25, 0.3) is 0 Å². The minimum absolute atomic E-state index is 0.0182. The van der Waals surface area contributed by atoms with Crippen LogP contribution in [0.5, 0.6) is 0 Å². The Bertz CT molecular complexity index is 600. The molecule has 0 bridgehead atoms. The number of amides is 3. The van der Waals surface area contributed by atoms with E-state index in [-0.39, 0.29) is 24.0 Å². The summed E-state index contributed by atoms with van der Waals surface area (Å²) in [5.41, 5.74) is 1.02. The van der Waals surface area contributed by atoms with E-state index in [1.165, 1.54) is 17.0 Å². The molecule has 0 aliphatic carbocycles. The number of carbonyl (C=O) groups is 3. The third-order valence-corrected chi connectivity index (χ3v) is 3.96. The van der Waals surface area contributed by atoms with E-state index in [2.05, 4.69) is 5.32 Å². The van der Waals surface area contributed by atoms with E-state index in [1.54, 1.807) is 17.0 Å². The first-order valence-corrected chi connectivity index (χ1v) is 8.14. The van der Waals surface area contributed by atoms with E-state index in [1.807, 2.05) is 6.92 Å². The second-order valence-electron chi connectivity index (χ2n) is 5.82. The van der Waals surface area contributed by atoms with Gasteiger partial charge in [-0.2, -0.15) is 0 Å². The highest BCUT2D eigenvalue weighted by molar-refractivity contribution is 5.87. The standard InChI is InChI=1S/C17H23N3O4/c1-2-8-19-9-3-10-20(12-15(19)21)17(24)18-11-13-4-6-14(7-5-13)16(22)23/h4-7H,2-3,8-12H2,1H3,(H,18,24)(H,22,23). The summed E-state index contributed by atoms with van der Waals surface area (Å²) in [6.45, 7) is 4.39. The van der Waals surface area contributed by atoms with E-state index in [9.17, 15) is 14.4 Å². The van der Waals surface area contributed by atoms with Crippen LogP contribution in [0.1, 0.15) is 35.7 Å². The Hall–Kier alpha value is -2.57. The van der Waals surface area contributed by atoms with Gasteiger partial charge in [0.2, 0.25) is 5.91 Å². The third kappa shape index (κ3) is 4.71. The molecule has 0 unspecified atom stereocenters. The number of hydrogen-bond donors (Lipinski definition) is 2. The van der Waals surface area contributed by atoms with Crippen LogP contribution < -0.4 is 5.32 Å². The largest absolute Gasteiger partial charge is 0.478 e. The van der Waals surface area contributed by atoms with Crippen molar-refractivity contribution in [1.82, 2.24) is 15.1 Å². The second kappa shape index (κ2) is 8.33. The van der Waals surface area contributed by atoms with Gasteiger partial charge in [0.15, 0.2) is 0 Å². The highest BCUT2D eigenvalue weighted by atomic mass is 16.4. The lowest BCUT2D eigenvalue weighted by Crippen LogP contribution is -2.44. The summed E-state index contributed by atoms with van der Waals surface area (Å²) in [6, 6.07) is 6.06. The van der Waals surface area contributed by atoms with Crippen LogP contribution in [0.4, 0.5) is 4.79 Å². The molecule has 1 aromatic rings. The first kappa shape index (κ1) is 17.8. The zero-order valence-corrected chi connectivity index (χ0v) is 13.8. The SMILES string of the molecule is CCCN1CCCN(C(=O)NCc2ccc(C(=O)O)cc2)CC1=O. The zero-order chi connectivity index (χ0) is 17.5. The highest BCUT2D eigenvalue weighted by Crippen LogP contribution is 2.07. The molecular formula is C17H23N3O4. The molecule has 130 valence electrons. The molecule has 1 aliphatic heterocycles. The molecule has 2 rings (SSSR count). The smallest absolute Gasteiger partial charge is 0.335 e. The molecule has 1 fully saturated rings. The van der Waals surface area contributed by atoms with Gasteiger partial charge < -0.3 is 20.2 Å². The van der Waals surface area contributed by atoms with Crippen LogP contribution in [-0.4, -0.2) is 59.0 Å². The lowest BCUT2D eigenvalue weighted by Gasteiger charge is -2.21. The molecular weight excluding hydrogens is 310 g/mol. The van der Waals surface area contributed by atoms with Crippen molar-refractivity contribution in [3.8, 4) is 0 Å². The van der Waals surface area contributed by atoms with Gasteiger partial charge in [0.05, 0.1) is 5.56 Å². The van der Waals surface area contributed by atoms with Gasteiger partial charge in [-0.1, -0.05) is 19.1 Å². The van der Waals surface area contributed by atoms with Gasteiger partial charge in [0.1, 0.15) is 6.54 Å². The number of benzene rings is 1. The molecule has 2 N–H and O–H groups in total. The minimum atomic E-state index is -0.981. The van der Waals surface area contributed by atoms with Crippen molar-refractivity contribution in [3.05, 3.63) is 35.4 Å². The Morgan fingerprint density at radius 3 is 2.54 bits per heavy atom. The molecule has 1 saturated heterocycles. The molecule has 1 aromatic carbocycles. The average molecular weight is 333 g/mol. The molecule has 1 aliphatic rings. The lowest BCUT2D eigenvalue weighted by molar-refractivity contribution is -0.130. The van der Waals surface area contributed by atoms with Crippen molar-refractivity contribution in [3.63, 3.8) is 0 Å². The lowest BCUT2D eigenvalue weighted by atomic mass is 10.1. The van der Waals surface area contributed by atoms with Gasteiger partial charge in [-0.15, -0.1) is 0 Å². The quantitative estimate of drug-likeness (QED) is 0.855. The van der Waals surface area contributed by atoms with Gasteiger partial charge in [0.25, 0.3) is 0 Å². The van der Waals surface area contributed by atoms with Crippen LogP contribution in [0.15, 0.2) is 24.3 Å². The van der Waals surface area contributed by atoms with Crippen molar-refractivity contribution < 1.29 is 19.5 Å². The van der Waals surface area contributed by atoms with Crippen LogP contribution in [0.3, 0.4) is 0 Å². The third-order valence-electron chi connectivity index (χ3n) is 3.96. The number of aromatic carboxylic acids is 1. The predicted molar refractivity (Wildman–Crippen MR) is 88.7 cm³/mol. The van der Waals surface area contributed by atoms with Crippen LogP contribution in [0, 0.1) is 0 Å². The average Bonchev–Trinajstić information content (AvgIpc) is 2.75. The number of hydrogen-bond acceptors (Lipinski definition) is 3. The molecule has 0 saturated carbocycles. The van der Waals surface area contributed by atoms with Crippen molar-refractivity contribution >= 4 is 17.9 Å². The summed E-state index contributed by atoms with van der Waals surface area (Å²) in [4.78, 5) is 38.5. The molecule has 0 aromatic heterocycles. The van der Waals surface area contributed by atoms with Crippen molar-refractivity contribution in [2.24, 2.45) is 0 Å². The highest BCUT2D eigenvalue weighted by Gasteiger charge is 2.24. The Morgan fingerprint density at radius 2 is 1.92 bits per heavy atom. The number of nitrogens with zero attached hydrogens (tertiary/aromatic N) is 2. The summed E-state index contributed by atoms with van der Waals surface area (Å²) in [7, 11) is 0. The summed E-state index contributed by atoms with van der Waals surface area (Å²) in [5.74, 6) is -0.999. The fraction of sp³-hybridized carbons (Fsp3) is 0.471. The second-order valence-corrected chi connectivity index (χ2v) is 5.82. The number of rotatable bonds is 5. The molecule has 0 atom stereocenters. The normalized spacial score (nSPS) is 15.1. The van der Waals surface area contributed by atoms with Gasteiger partial charge >= 0.3 is 12.0 Å². The fourth-order valence-corrected chi connectivity index (χ4v) is 2.65.